The summed E-state index contributed by atoms with van der Waals surface area (Å²) in [6.45, 7) is 3.44. The highest BCUT2D eigenvalue weighted by Gasteiger charge is 2.52. The quantitative estimate of drug-likeness (QED) is 0.307. The molecule has 1 amide bonds. The molecule has 0 bridgehead atoms. The summed E-state index contributed by atoms with van der Waals surface area (Å²) in [5.74, 6) is -1.56. The van der Waals surface area contributed by atoms with Gasteiger partial charge in [0.2, 0.25) is 12.0 Å². The zero-order valence-electron chi connectivity index (χ0n) is 21.8. The summed E-state index contributed by atoms with van der Waals surface area (Å²) in [5.41, 5.74) is 1.93. The Kier molecular flexibility index (Phi) is 7.76. The van der Waals surface area contributed by atoms with Crippen molar-refractivity contribution in [2.45, 2.75) is 32.0 Å². The van der Waals surface area contributed by atoms with Crippen LogP contribution in [0.3, 0.4) is 0 Å². The minimum absolute atomic E-state index is 0.0743. The van der Waals surface area contributed by atoms with E-state index in [1.54, 1.807) is 79.4 Å². The van der Waals surface area contributed by atoms with Gasteiger partial charge in [0.1, 0.15) is 5.54 Å². The number of aromatic nitrogens is 2. The Bertz CT molecular complexity index is 1540. The van der Waals surface area contributed by atoms with Gasteiger partial charge in [-0.1, -0.05) is 77.8 Å². The van der Waals surface area contributed by atoms with Gasteiger partial charge in [-0.05, 0) is 43.7 Å². The zero-order chi connectivity index (χ0) is 28.4. The Hall–Kier alpha value is -3.98. The maximum Gasteiger partial charge on any atom is 0.347 e. The van der Waals surface area contributed by atoms with Gasteiger partial charge in [-0.2, -0.15) is 0 Å². The number of aryl methyl sites for hydroxylation is 2. The molecule has 2 N–H and O–H groups in total. The first kappa shape index (κ1) is 27.6. The van der Waals surface area contributed by atoms with Gasteiger partial charge in [0.15, 0.2) is 0 Å². The second-order valence-electron chi connectivity index (χ2n) is 9.49. The number of carbonyl (C=O) groups is 2. The van der Waals surface area contributed by atoms with E-state index in [0.717, 1.165) is 0 Å². The number of aliphatic carboxylic acids is 1. The number of anilines is 1. The van der Waals surface area contributed by atoms with Gasteiger partial charge in [0.25, 0.3) is 0 Å². The van der Waals surface area contributed by atoms with Crippen LogP contribution in [0.2, 0.25) is 10.0 Å². The molecule has 1 aliphatic heterocycles. The molecule has 3 aromatic carbocycles. The van der Waals surface area contributed by atoms with Gasteiger partial charge >= 0.3 is 12.0 Å². The molecule has 0 fully saturated rings. The van der Waals surface area contributed by atoms with Crippen molar-refractivity contribution in [3.63, 3.8) is 0 Å². The molecule has 10 heteroatoms. The van der Waals surface area contributed by atoms with Crippen molar-refractivity contribution in [1.82, 2.24) is 15.3 Å². The van der Waals surface area contributed by atoms with Crippen LogP contribution in [0.15, 0.2) is 78.9 Å². The lowest BCUT2D eigenvalue weighted by molar-refractivity contribution is -0.149. The van der Waals surface area contributed by atoms with E-state index in [2.05, 4.69) is 15.3 Å². The predicted molar refractivity (Wildman–Crippen MR) is 153 cm³/mol. The molecule has 0 radical (unpaired) electrons. The second kappa shape index (κ2) is 11.3. The summed E-state index contributed by atoms with van der Waals surface area (Å²) in [6, 6.07) is 23.0. The Balaban J connectivity index is 1.73. The SMILES string of the molecule is Cc1cc(C)nc(O[C@H](C(=O)O)[C@@]2(c3ccccc3)NCC(=O)N(Cc3c(Cl)cccc3Cl)c3ccccc32)n1. The molecule has 0 saturated carbocycles. The van der Waals surface area contributed by atoms with Gasteiger partial charge < -0.3 is 14.7 Å². The molecule has 40 heavy (non-hydrogen) atoms. The second-order valence-corrected chi connectivity index (χ2v) is 10.3. The molecule has 8 nitrogen and oxygen atoms in total. The fraction of sp³-hybridized carbons (Fsp3) is 0.200. The first-order chi connectivity index (χ1) is 19.2. The third-order valence-corrected chi connectivity index (χ3v) is 7.56. The molecular weight excluding hydrogens is 551 g/mol. The van der Waals surface area contributed by atoms with Gasteiger partial charge in [-0.3, -0.25) is 10.1 Å². The first-order valence-corrected chi connectivity index (χ1v) is 13.3. The maximum absolute atomic E-state index is 13.7. The summed E-state index contributed by atoms with van der Waals surface area (Å²) in [4.78, 5) is 37.0. The van der Waals surface area contributed by atoms with Crippen molar-refractivity contribution in [3.8, 4) is 6.01 Å². The first-order valence-electron chi connectivity index (χ1n) is 12.6. The maximum atomic E-state index is 13.7. The number of carbonyl (C=O) groups excluding carboxylic acids is 1. The topological polar surface area (TPSA) is 105 Å². The Labute approximate surface area is 241 Å². The van der Waals surface area contributed by atoms with E-state index >= 15 is 0 Å². The monoisotopic (exact) mass is 576 g/mol. The molecule has 0 saturated heterocycles. The molecule has 1 aliphatic rings. The average molecular weight is 577 g/mol. The summed E-state index contributed by atoms with van der Waals surface area (Å²) in [7, 11) is 0. The van der Waals surface area contributed by atoms with Crippen LogP contribution < -0.4 is 15.0 Å². The standard InChI is InChI=1S/C30H26Cl2N4O4/c1-18-15-19(2)35-29(34-18)40-27(28(38)39)30(20-9-4-3-5-10-20)22-11-6-7-14-25(22)36(26(37)16-33-30)17-21-23(31)12-8-13-24(21)32/h3-15,27,33H,16-17H2,1-2H3,(H,38,39)/t27-,30+/m1/s1. The molecule has 5 rings (SSSR count). The van der Waals surface area contributed by atoms with Crippen LogP contribution in [0.1, 0.15) is 28.1 Å². The van der Waals surface area contributed by atoms with Gasteiger partial charge in [-0.25, -0.2) is 14.8 Å². The number of rotatable bonds is 7. The largest absolute Gasteiger partial charge is 0.478 e. The number of fused-ring (bicyclic) bond motifs is 1. The molecule has 0 spiro atoms. The number of para-hydroxylation sites is 1. The molecule has 2 atom stereocenters. The normalized spacial score (nSPS) is 17.6. The minimum atomic E-state index is -1.56. The predicted octanol–water partition coefficient (Wildman–Crippen LogP) is 5.31. The smallest absolute Gasteiger partial charge is 0.347 e. The molecule has 0 unspecified atom stereocenters. The van der Waals surface area contributed by atoms with Crippen LogP contribution in [-0.4, -0.2) is 39.6 Å². The lowest BCUT2D eigenvalue weighted by Crippen LogP contribution is -2.58. The number of ether oxygens (including phenoxy) is 1. The molecule has 4 aromatic rings. The van der Waals surface area contributed by atoms with E-state index in [4.69, 9.17) is 27.9 Å². The summed E-state index contributed by atoms with van der Waals surface area (Å²) < 4.78 is 6.12. The number of nitrogens with zero attached hydrogens (tertiary/aromatic N) is 3. The molecule has 204 valence electrons. The van der Waals surface area contributed by atoms with Crippen LogP contribution in [0.4, 0.5) is 5.69 Å². The van der Waals surface area contributed by atoms with E-state index in [1.165, 1.54) is 0 Å². The van der Waals surface area contributed by atoms with E-state index < -0.39 is 17.6 Å². The Morgan fingerprint density at radius 3 is 2.27 bits per heavy atom. The fourth-order valence-electron chi connectivity index (χ4n) is 5.12. The fourth-order valence-corrected chi connectivity index (χ4v) is 5.63. The van der Waals surface area contributed by atoms with Crippen LogP contribution >= 0.6 is 23.2 Å². The van der Waals surface area contributed by atoms with Crippen molar-refractivity contribution in [2.24, 2.45) is 0 Å². The lowest BCUT2D eigenvalue weighted by Gasteiger charge is -2.39. The van der Waals surface area contributed by atoms with E-state index in [0.29, 0.717) is 43.8 Å². The van der Waals surface area contributed by atoms with E-state index in [1.807, 2.05) is 18.2 Å². The number of hydrogen-bond donors (Lipinski definition) is 2. The third kappa shape index (κ3) is 5.13. The van der Waals surface area contributed by atoms with Crippen molar-refractivity contribution in [2.75, 3.05) is 11.4 Å². The molecule has 0 aliphatic carbocycles. The van der Waals surface area contributed by atoms with Crippen LogP contribution in [0.25, 0.3) is 0 Å². The minimum Gasteiger partial charge on any atom is -0.478 e. The Morgan fingerprint density at radius 2 is 1.62 bits per heavy atom. The van der Waals surface area contributed by atoms with E-state index in [9.17, 15) is 14.7 Å². The zero-order valence-corrected chi connectivity index (χ0v) is 23.3. The van der Waals surface area contributed by atoms with Crippen molar-refractivity contribution in [3.05, 3.63) is 117 Å². The van der Waals surface area contributed by atoms with Crippen LogP contribution in [-0.2, 0) is 21.7 Å². The molecular formula is C30H26Cl2N4O4. The van der Waals surface area contributed by atoms with Crippen molar-refractivity contribution >= 4 is 40.8 Å². The number of nitrogens with one attached hydrogen (secondary N) is 1. The number of carboxylic acids is 1. The highest BCUT2D eigenvalue weighted by molar-refractivity contribution is 6.36. The van der Waals surface area contributed by atoms with Crippen LogP contribution in [0.5, 0.6) is 6.01 Å². The van der Waals surface area contributed by atoms with Crippen LogP contribution in [0, 0.1) is 13.8 Å². The number of hydrogen-bond acceptors (Lipinski definition) is 6. The van der Waals surface area contributed by atoms with Gasteiger partial charge in [0, 0.05) is 38.2 Å². The van der Waals surface area contributed by atoms with Gasteiger partial charge in [0.05, 0.1) is 13.1 Å². The highest BCUT2D eigenvalue weighted by Crippen LogP contribution is 2.43. The molecule has 2 heterocycles. The third-order valence-electron chi connectivity index (χ3n) is 6.85. The Morgan fingerprint density at radius 1 is 1.00 bits per heavy atom. The van der Waals surface area contributed by atoms with Crippen molar-refractivity contribution in [1.29, 1.82) is 0 Å². The van der Waals surface area contributed by atoms with Gasteiger partial charge in [-0.15, -0.1) is 0 Å². The van der Waals surface area contributed by atoms with E-state index in [-0.39, 0.29) is 25.0 Å². The number of halogens is 2. The molecule has 1 aromatic heterocycles. The summed E-state index contributed by atoms with van der Waals surface area (Å²) in [5, 5.41) is 14.8. The lowest BCUT2D eigenvalue weighted by atomic mass is 9.77. The number of benzene rings is 3. The summed E-state index contributed by atoms with van der Waals surface area (Å²) >= 11 is 12.9. The average Bonchev–Trinajstić information content (AvgIpc) is 3.04. The number of amides is 1. The number of carboxylic acid groups (broad SMARTS) is 1. The highest BCUT2D eigenvalue weighted by atomic mass is 35.5. The van der Waals surface area contributed by atoms with Crippen molar-refractivity contribution < 1.29 is 19.4 Å². The summed E-state index contributed by atoms with van der Waals surface area (Å²) in [6.07, 6.45) is -1.56.